The molecule has 0 unspecified atom stereocenters. The summed E-state index contributed by atoms with van der Waals surface area (Å²) in [6, 6.07) is 12.1. The number of nitrogens with one attached hydrogen (secondary N) is 1. The van der Waals surface area contributed by atoms with Crippen molar-refractivity contribution < 1.29 is 19.1 Å². The Labute approximate surface area is 157 Å². The normalized spacial score (nSPS) is 13.5. The van der Waals surface area contributed by atoms with Crippen molar-refractivity contribution in [3.05, 3.63) is 53.6 Å². The molecule has 0 aromatic heterocycles. The van der Waals surface area contributed by atoms with Crippen molar-refractivity contribution >= 4 is 34.8 Å². The van der Waals surface area contributed by atoms with E-state index in [2.05, 4.69) is 5.32 Å². The molecule has 1 heterocycles. The summed E-state index contributed by atoms with van der Waals surface area (Å²) in [5.41, 5.74) is 8.47. The molecule has 1 fully saturated rings. The smallest absolute Gasteiger partial charge is 0.340 e. The number of nitrogens with two attached hydrogens (primary N) is 1. The van der Waals surface area contributed by atoms with Crippen molar-refractivity contribution in [3.63, 3.8) is 0 Å². The highest BCUT2D eigenvalue weighted by molar-refractivity contribution is 5.99. The maximum atomic E-state index is 12.1. The molecule has 7 nitrogen and oxygen atoms in total. The lowest BCUT2D eigenvalue weighted by atomic mass is 10.1. The number of hydrogen-bond acceptors (Lipinski definition) is 5. The molecule has 1 saturated heterocycles. The van der Waals surface area contributed by atoms with Crippen molar-refractivity contribution in [3.8, 4) is 0 Å². The van der Waals surface area contributed by atoms with E-state index in [0.717, 1.165) is 17.7 Å². The van der Waals surface area contributed by atoms with E-state index in [1.807, 2.05) is 6.07 Å². The Bertz CT molecular complexity index is 895. The van der Waals surface area contributed by atoms with Gasteiger partial charge in [0.25, 0.3) is 5.91 Å². The number of amides is 2. The van der Waals surface area contributed by atoms with E-state index in [0.29, 0.717) is 24.3 Å². The van der Waals surface area contributed by atoms with Gasteiger partial charge >= 0.3 is 5.97 Å². The van der Waals surface area contributed by atoms with Gasteiger partial charge in [-0.3, -0.25) is 9.59 Å². The largest absolute Gasteiger partial charge is 0.452 e. The molecule has 1 aliphatic rings. The van der Waals surface area contributed by atoms with E-state index >= 15 is 0 Å². The molecule has 2 aromatic rings. The zero-order valence-corrected chi connectivity index (χ0v) is 15.0. The molecule has 7 heteroatoms. The van der Waals surface area contributed by atoms with Crippen molar-refractivity contribution in [2.45, 2.75) is 19.8 Å². The van der Waals surface area contributed by atoms with E-state index < -0.39 is 18.5 Å². The van der Waals surface area contributed by atoms with Crippen LogP contribution in [-0.4, -0.2) is 30.9 Å². The summed E-state index contributed by atoms with van der Waals surface area (Å²) in [5.74, 6) is -1.05. The molecule has 0 radical (unpaired) electrons. The third kappa shape index (κ3) is 4.25. The Morgan fingerprint density at radius 3 is 2.74 bits per heavy atom. The second-order valence-corrected chi connectivity index (χ2v) is 6.36. The number of hydrogen-bond donors (Lipinski definition) is 2. The monoisotopic (exact) mass is 367 g/mol. The molecule has 27 heavy (non-hydrogen) atoms. The minimum absolute atomic E-state index is 0.0724. The predicted octanol–water partition coefficient (Wildman–Crippen LogP) is 2.50. The fraction of sp³-hybridized carbons (Fsp3) is 0.250. The number of esters is 1. The molecule has 0 atom stereocenters. The van der Waals surface area contributed by atoms with Gasteiger partial charge in [0.05, 0.1) is 5.56 Å². The molecule has 140 valence electrons. The van der Waals surface area contributed by atoms with Crippen LogP contribution in [0.4, 0.5) is 17.1 Å². The second-order valence-electron chi connectivity index (χ2n) is 6.36. The Morgan fingerprint density at radius 1 is 1.22 bits per heavy atom. The highest BCUT2D eigenvalue weighted by Crippen LogP contribution is 2.24. The van der Waals surface area contributed by atoms with Gasteiger partial charge in [0, 0.05) is 30.0 Å². The third-order valence-electron chi connectivity index (χ3n) is 4.39. The molecule has 2 aromatic carbocycles. The van der Waals surface area contributed by atoms with Crippen LogP contribution < -0.4 is 16.0 Å². The molecule has 0 bridgehead atoms. The van der Waals surface area contributed by atoms with Gasteiger partial charge in [-0.15, -0.1) is 0 Å². The predicted molar refractivity (Wildman–Crippen MR) is 103 cm³/mol. The number of aryl methyl sites for hydroxylation is 1. The van der Waals surface area contributed by atoms with Crippen LogP contribution in [0.5, 0.6) is 0 Å². The van der Waals surface area contributed by atoms with Gasteiger partial charge in [0.2, 0.25) is 5.91 Å². The Hall–Kier alpha value is -3.35. The molecule has 3 N–H and O–H groups in total. The summed E-state index contributed by atoms with van der Waals surface area (Å²) in [6.45, 7) is 2.03. The number of rotatable bonds is 5. The van der Waals surface area contributed by atoms with Gasteiger partial charge < -0.3 is 20.7 Å². The summed E-state index contributed by atoms with van der Waals surface area (Å²) >= 11 is 0. The average Bonchev–Trinajstić information content (AvgIpc) is 3.08. The van der Waals surface area contributed by atoms with Gasteiger partial charge in [-0.25, -0.2) is 4.79 Å². The molecular formula is C20H21N3O4. The number of nitrogens with zero attached hydrogens (tertiary/aromatic N) is 1. The molecule has 1 aliphatic heterocycles. The van der Waals surface area contributed by atoms with Gasteiger partial charge in [0.15, 0.2) is 6.61 Å². The Morgan fingerprint density at radius 2 is 2.00 bits per heavy atom. The highest BCUT2D eigenvalue weighted by Gasteiger charge is 2.22. The fourth-order valence-corrected chi connectivity index (χ4v) is 2.94. The van der Waals surface area contributed by atoms with Gasteiger partial charge in [-0.05, 0) is 43.2 Å². The first-order chi connectivity index (χ1) is 13.0. The van der Waals surface area contributed by atoms with Crippen LogP contribution >= 0.6 is 0 Å². The first kappa shape index (κ1) is 18.4. The zero-order valence-electron chi connectivity index (χ0n) is 15.0. The first-order valence-corrected chi connectivity index (χ1v) is 8.68. The standard InChI is InChI=1S/C20H21N3O4/c1-13-5-2-8-16(19(13)21)20(26)27-12-17(24)22-14-6-3-7-15(11-14)23-10-4-9-18(23)25/h2-3,5-8,11H,4,9-10,12,21H2,1H3,(H,22,24). The lowest BCUT2D eigenvalue weighted by Crippen LogP contribution is -2.24. The summed E-state index contributed by atoms with van der Waals surface area (Å²) in [7, 11) is 0. The van der Waals surface area contributed by atoms with Gasteiger partial charge in [0.1, 0.15) is 0 Å². The summed E-state index contributed by atoms with van der Waals surface area (Å²) in [5, 5.41) is 2.67. The minimum atomic E-state index is -0.650. The number of nitrogen functional groups attached to an aromatic ring is 1. The van der Waals surface area contributed by atoms with Crippen LogP contribution in [0.1, 0.15) is 28.8 Å². The first-order valence-electron chi connectivity index (χ1n) is 8.68. The summed E-state index contributed by atoms with van der Waals surface area (Å²) < 4.78 is 5.05. The average molecular weight is 367 g/mol. The van der Waals surface area contributed by atoms with Crippen molar-refractivity contribution in [2.24, 2.45) is 0 Å². The highest BCUT2D eigenvalue weighted by atomic mass is 16.5. The van der Waals surface area contributed by atoms with Crippen LogP contribution in [0.2, 0.25) is 0 Å². The molecule has 0 aliphatic carbocycles. The molecule has 3 rings (SSSR count). The zero-order chi connectivity index (χ0) is 19.4. The minimum Gasteiger partial charge on any atom is -0.452 e. The molecule has 2 amide bonds. The third-order valence-corrected chi connectivity index (χ3v) is 4.39. The lowest BCUT2D eigenvalue weighted by Gasteiger charge is -2.16. The molecule has 0 saturated carbocycles. The van der Waals surface area contributed by atoms with E-state index in [9.17, 15) is 14.4 Å². The molecular weight excluding hydrogens is 346 g/mol. The fourth-order valence-electron chi connectivity index (χ4n) is 2.94. The lowest BCUT2D eigenvalue weighted by molar-refractivity contribution is -0.119. The quantitative estimate of drug-likeness (QED) is 0.624. The van der Waals surface area contributed by atoms with Crippen molar-refractivity contribution in [2.75, 3.05) is 29.1 Å². The number of carbonyl (C=O) groups excluding carboxylic acids is 3. The van der Waals surface area contributed by atoms with E-state index in [4.69, 9.17) is 10.5 Å². The topological polar surface area (TPSA) is 102 Å². The SMILES string of the molecule is Cc1cccc(C(=O)OCC(=O)Nc2cccc(N3CCCC3=O)c2)c1N. The Kier molecular flexibility index (Phi) is 5.40. The number of para-hydroxylation sites is 1. The van der Waals surface area contributed by atoms with E-state index in [1.54, 1.807) is 48.2 Å². The van der Waals surface area contributed by atoms with Crippen LogP contribution in [-0.2, 0) is 14.3 Å². The van der Waals surface area contributed by atoms with Crippen LogP contribution in [0.3, 0.4) is 0 Å². The number of benzene rings is 2. The number of carbonyl (C=O) groups is 3. The van der Waals surface area contributed by atoms with Gasteiger partial charge in [-0.1, -0.05) is 18.2 Å². The summed E-state index contributed by atoms with van der Waals surface area (Å²) in [6.07, 6.45) is 1.36. The van der Waals surface area contributed by atoms with Crippen molar-refractivity contribution in [1.82, 2.24) is 0 Å². The van der Waals surface area contributed by atoms with Crippen molar-refractivity contribution in [1.29, 1.82) is 0 Å². The number of anilines is 3. The Balaban J connectivity index is 1.59. The maximum absolute atomic E-state index is 12.1. The maximum Gasteiger partial charge on any atom is 0.340 e. The van der Waals surface area contributed by atoms with Crippen LogP contribution in [0.25, 0.3) is 0 Å². The number of ether oxygens (including phenoxy) is 1. The second kappa shape index (κ2) is 7.90. The van der Waals surface area contributed by atoms with E-state index in [1.165, 1.54) is 0 Å². The van der Waals surface area contributed by atoms with Gasteiger partial charge in [-0.2, -0.15) is 0 Å². The molecule has 0 spiro atoms. The van der Waals surface area contributed by atoms with Crippen LogP contribution in [0.15, 0.2) is 42.5 Å². The van der Waals surface area contributed by atoms with Crippen LogP contribution in [0, 0.1) is 6.92 Å². The van der Waals surface area contributed by atoms with E-state index in [-0.39, 0.29) is 11.5 Å². The summed E-state index contributed by atoms with van der Waals surface area (Å²) in [4.78, 5) is 37.7.